The molecule has 122 valence electrons. The number of carboxylic acids is 1. The predicted molar refractivity (Wildman–Crippen MR) is 82.7 cm³/mol. The first-order valence-corrected chi connectivity index (χ1v) is 7.90. The van der Waals surface area contributed by atoms with Crippen LogP contribution in [0.25, 0.3) is 0 Å². The molecule has 0 aliphatic rings. The second-order valence-electron chi connectivity index (χ2n) is 5.26. The molecule has 0 saturated carbocycles. The van der Waals surface area contributed by atoms with E-state index in [-0.39, 0.29) is 12.8 Å². The summed E-state index contributed by atoms with van der Waals surface area (Å²) >= 11 is 0. The lowest BCUT2D eigenvalue weighted by molar-refractivity contribution is -0.140. The molecule has 0 saturated heterocycles. The Hall–Kier alpha value is -1.36. The molecular weight excluding hydrogens is 270 g/mol. The van der Waals surface area contributed by atoms with E-state index >= 15 is 0 Å². The molecule has 0 aliphatic heterocycles. The van der Waals surface area contributed by atoms with Crippen LogP contribution in [0.1, 0.15) is 71.1 Å². The smallest absolute Gasteiger partial charge is 0.327 e. The molecular formula is C16H29NO4. The van der Waals surface area contributed by atoms with E-state index in [0.717, 1.165) is 12.8 Å². The Labute approximate surface area is 127 Å². The predicted octanol–water partition coefficient (Wildman–Crippen LogP) is 3.38. The van der Waals surface area contributed by atoms with Gasteiger partial charge in [0.25, 0.3) is 0 Å². The van der Waals surface area contributed by atoms with Crippen LogP contribution in [0.4, 0.5) is 0 Å². The van der Waals surface area contributed by atoms with Crippen molar-refractivity contribution >= 4 is 11.9 Å². The zero-order chi connectivity index (χ0) is 15.9. The van der Waals surface area contributed by atoms with Gasteiger partial charge in [0.05, 0.1) is 6.26 Å². The maximum Gasteiger partial charge on any atom is 0.327 e. The second kappa shape index (κ2) is 13.6. The summed E-state index contributed by atoms with van der Waals surface area (Å²) in [6.07, 6.45) is 12.8. The Morgan fingerprint density at radius 1 is 1.14 bits per heavy atom. The number of esters is 1. The van der Waals surface area contributed by atoms with Gasteiger partial charge < -0.3 is 15.6 Å². The van der Waals surface area contributed by atoms with Gasteiger partial charge in [-0.1, -0.05) is 45.4 Å². The third kappa shape index (κ3) is 13.4. The lowest BCUT2D eigenvalue weighted by Crippen LogP contribution is -2.31. The van der Waals surface area contributed by atoms with Gasteiger partial charge in [0.2, 0.25) is 0 Å². The van der Waals surface area contributed by atoms with E-state index in [2.05, 4.69) is 6.92 Å². The van der Waals surface area contributed by atoms with E-state index in [9.17, 15) is 9.59 Å². The highest BCUT2D eigenvalue weighted by atomic mass is 16.5. The first-order chi connectivity index (χ1) is 10.1. The van der Waals surface area contributed by atoms with Gasteiger partial charge in [0.1, 0.15) is 6.04 Å². The summed E-state index contributed by atoms with van der Waals surface area (Å²) < 4.78 is 4.86. The van der Waals surface area contributed by atoms with E-state index in [1.807, 2.05) is 6.08 Å². The zero-order valence-electron chi connectivity index (χ0n) is 13.1. The molecule has 0 spiro atoms. The highest BCUT2D eigenvalue weighted by Crippen LogP contribution is 2.08. The molecule has 3 N–H and O–H groups in total. The first-order valence-electron chi connectivity index (χ1n) is 7.90. The largest absolute Gasteiger partial charge is 0.481 e. The lowest BCUT2D eigenvalue weighted by atomic mass is 10.1. The molecule has 0 aromatic carbocycles. The van der Waals surface area contributed by atoms with Gasteiger partial charge in [0.15, 0.2) is 0 Å². The van der Waals surface area contributed by atoms with Crippen molar-refractivity contribution in [2.45, 2.75) is 77.2 Å². The summed E-state index contributed by atoms with van der Waals surface area (Å²) in [4.78, 5) is 21.7. The van der Waals surface area contributed by atoms with Gasteiger partial charge in [0, 0.05) is 6.42 Å². The number of hydrogen-bond acceptors (Lipinski definition) is 4. The fraction of sp³-hybridized carbons (Fsp3) is 0.750. The van der Waals surface area contributed by atoms with Crippen LogP contribution in [0.15, 0.2) is 12.3 Å². The second-order valence-corrected chi connectivity index (χ2v) is 5.26. The number of aliphatic carboxylic acids is 1. The third-order valence-corrected chi connectivity index (χ3v) is 3.23. The quantitative estimate of drug-likeness (QED) is 0.309. The average molecular weight is 299 g/mol. The molecule has 21 heavy (non-hydrogen) atoms. The van der Waals surface area contributed by atoms with Crippen LogP contribution in [0.2, 0.25) is 0 Å². The van der Waals surface area contributed by atoms with Crippen molar-refractivity contribution in [3.05, 3.63) is 12.3 Å². The van der Waals surface area contributed by atoms with Gasteiger partial charge in [-0.25, -0.2) is 4.79 Å². The molecule has 0 heterocycles. The summed E-state index contributed by atoms with van der Waals surface area (Å²) in [5, 5.41) is 8.49. The van der Waals surface area contributed by atoms with Crippen molar-refractivity contribution < 1.29 is 19.4 Å². The molecule has 0 rings (SSSR count). The van der Waals surface area contributed by atoms with Crippen LogP contribution in [-0.2, 0) is 14.3 Å². The maximum atomic E-state index is 11.4. The standard InChI is InChI=1S/C16H29NO4/c1-2-3-4-5-6-7-8-9-10-13-21-16(20)14(17)11-12-15(18)19/h10,13-14H,2-9,11-12,17H2,1H3,(H,18,19)/t14-/m0/s1. The van der Waals surface area contributed by atoms with Crippen LogP contribution < -0.4 is 5.73 Å². The summed E-state index contributed by atoms with van der Waals surface area (Å²) in [6, 6.07) is -0.871. The minimum absolute atomic E-state index is 0.0970. The molecule has 1 atom stereocenters. The van der Waals surface area contributed by atoms with E-state index in [1.54, 1.807) is 0 Å². The normalized spacial score (nSPS) is 12.5. The Morgan fingerprint density at radius 2 is 1.76 bits per heavy atom. The fourth-order valence-corrected chi connectivity index (χ4v) is 1.89. The van der Waals surface area contributed by atoms with Crippen molar-refractivity contribution in [3.63, 3.8) is 0 Å². The molecule has 0 amide bonds. The molecule has 0 radical (unpaired) electrons. The van der Waals surface area contributed by atoms with Crippen molar-refractivity contribution in [2.75, 3.05) is 0 Å². The Morgan fingerprint density at radius 3 is 2.38 bits per heavy atom. The number of rotatable bonds is 13. The van der Waals surface area contributed by atoms with E-state index in [0.29, 0.717) is 0 Å². The number of allylic oxidation sites excluding steroid dienone is 1. The minimum Gasteiger partial charge on any atom is -0.481 e. The Kier molecular flexibility index (Phi) is 12.7. The SMILES string of the molecule is CCCCCCCCCC=COC(=O)[C@@H](N)CCC(=O)O. The first kappa shape index (κ1) is 19.6. The summed E-state index contributed by atoms with van der Waals surface area (Å²) in [6.45, 7) is 2.21. The lowest BCUT2D eigenvalue weighted by Gasteiger charge is -2.06. The van der Waals surface area contributed by atoms with E-state index in [1.165, 1.54) is 44.8 Å². The summed E-state index contributed by atoms with van der Waals surface area (Å²) in [7, 11) is 0. The number of carbonyl (C=O) groups excluding carboxylic acids is 1. The van der Waals surface area contributed by atoms with Crippen LogP contribution >= 0.6 is 0 Å². The van der Waals surface area contributed by atoms with Crippen molar-refractivity contribution in [3.8, 4) is 0 Å². The third-order valence-electron chi connectivity index (χ3n) is 3.23. The van der Waals surface area contributed by atoms with Crippen molar-refractivity contribution in [2.24, 2.45) is 5.73 Å². The number of carbonyl (C=O) groups is 2. The summed E-state index contributed by atoms with van der Waals surface area (Å²) in [5.74, 6) is -1.54. The van der Waals surface area contributed by atoms with Crippen LogP contribution in [0, 0.1) is 0 Å². The van der Waals surface area contributed by atoms with Crippen molar-refractivity contribution in [1.82, 2.24) is 0 Å². The fourth-order valence-electron chi connectivity index (χ4n) is 1.89. The van der Waals surface area contributed by atoms with Crippen LogP contribution in [0.5, 0.6) is 0 Å². The monoisotopic (exact) mass is 299 g/mol. The summed E-state index contributed by atoms with van der Waals surface area (Å²) in [5.41, 5.74) is 5.51. The maximum absolute atomic E-state index is 11.4. The van der Waals surface area contributed by atoms with E-state index in [4.69, 9.17) is 15.6 Å². The topological polar surface area (TPSA) is 89.6 Å². The molecule has 0 fully saturated rings. The zero-order valence-corrected chi connectivity index (χ0v) is 13.1. The molecule has 0 bridgehead atoms. The average Bonchev–Trinajstić information content (AvgIpc) is 2.46. The molecule has 0 unspecified atom stereocenters. The molecule has 5 nitrogen and oxygen atoms in total. The number of carboxylic acid groups (broad SMARTS) is 1. The Balaban J connectivity index is 3.49. The van der Waals surface area contributed by atoms with Gasteiger partial charge in [-0.3, -0.25) is 4.79 Å². The van der Waals surface area contributed by atoms with Crippen LogP contribution in [0.3, 0.4) is 0 Å². The van der Waals surface area contributed by atoms with Crippen molar-refractivity contribution in [1.29, 1.82) is 0 Å². The molecule has 0 aromatic heterocycles. The van der Waals surface area contributed by atoms with Crippen LogP contribution in [-0.4, -0.2) is 23.1 Å². The highest BCUT2D eigenvalue weighted by molar-refractivity contribution is 5.77. The molecule has 0 aliphatic carbocycles. The number of nitrogens with two attached hydrogens (primary N) is 1. The highest BCUT2D eigenvalue weighted by Gasteiger charge is 2.15. The molecule has 5 heteroatoms. The number of ether oxygens (including phenoxy) is 1. The minimum atomic E-state index is -0.965. The number of hydrogen-bond donors (Lipinski definition) is 2. The number of unbranched alkanes of at least 4 members (excludes halogenated alkanes) is 7. The van der Waals surface area contributed by atoms with E-state index < -0.39 is 18.0 Å². The van der Waals surface area contributed by atoms with Gasteiger partial charge in [-0.2, -0.15) is 0 Å². The Bertz CT molecular complexity index is 315. The molecule has 0 aromatic rings. The van der Waals surface area contributed by atoms with Gasteiger partial charge in [-0.15, -0.1) is 0 Å². The van der Waals surface area contributed by atoms with Gasteiger partial charge >= 0.3 is 11.9 Å². The van der Waals surface area contributed by atoms with Gasteiger partial charge in [-0.05, 0) is 25.3 Å².